The Morgan fingerprint density at radius 3 is 2.79 bits per heavy atom. The number of hydrogen-bond donors (Lipinski definition) is 1. The van der Waals surface area contributed by atoms with E-state index in [1.165, 1.54) is 16.8 Å². The van der Waals surface area contributed by atoms with Gasteiger partial charge in [0.05, 0.1) is 31.1 Å². The Bertz CT molecular complexity index is 654. The minimum Gasteiger partial charge on any atom is -0.490 e. The second-order valence-electron chi connectivity index (χ2n) is 5.70. The summed E-state index contributed by atoms with van der Waals surface area (Å²) in [6.07, 6.45) is -0.111. The molecule has 0 amide bonds. The van der Waals surface area contributed by atoms with Gasteiger partial charge in [0.1, 0.15) is 0 Å². The number of aromatic nitrogens is 2. The van der Waals surface area contributed by atoms with Gasteiger partial charge in [-0.25, -0.2) is 0 Å². The van der Waals surface area contributed by atoms with Crippen molar-refractivity contribution in [2.24, 2.45) is 5.92 Å². The van der Waals surface area contributed by atoms with Gasteiger partial charge < -0.3 is 10.1 Å². The summed E-state index contributed by atoms with van der Waals surface area (Å²) in [6.45, 7) is 2.59. The van der Waals surface area contributed by atoms with Gasteiger partial charge in [0.25, 0.3) is 0 Å². The molecule has 0 saturated carbocycles. The first-order valence-corrected chi connectivity index (χ1v) is 7.53. The zero-order valence-corrected chi connectivity index (χ0v) is 13.7. The van der Waals surface area contributed by atoms with E-state index >= 15 is 0 Å². The number of hydrogen-bond acceptors (Lipinski definition) is 3. The van der Waals surface area contributed by atoms with Crippen LogP contribution in [0.5, 0.6) is 5.75 Å². The lowest BCUT2D eigenvalue weighted by Gasteiger charge is -2.12. The van der Waals surface area contributed by atoms with Gasteiger partial charge in [-0.05, 0) is 24.6 Å². The molecular weight excluding hydrogens is 343 g/mol. The monoisotopic (exact) mass is 361 g/mol. The second-order valence-corrected chi connectivity index (χ2v) is 5.70. The molecule has 1 aliphatic heterocycles. The van der Waals surface area contributed by atoms with E-state index in [9.17, 15) is 13.2 Å². The van der Waals surface area contributed by atoms with E-state index in [-0.39, 0.29) is 24.5 Å². The van der Waals surface area contributed by atoms with E-state index < -0.39 is 11.7 Å². The standard InChI is InChI=1S/C16H18F3N3O.ClH/c17-16(18,19)15-4-2-1-3-13(15)9-22-10-14(8-21-22)23-11-12-5-6-20-7-12;/h1-4,8,10,12,20H,5-7,9,11H2;1H. The van der Waals surface area contributed by atoms with Crippen molar-refractivity contribution in [3.8, 4) is 5.75 Å². The molecule has 1 aliphatic rings. The SMILES string of the molecule is Cl.FC(F)(F)c1ccccc1Cn1cc(OCC2CCNC2)cn1. The van der Waals surface area contributed by atoms with Crippen molar-refractivity contribution in [2.45, 2.75) is 19.1 Å². The van der Waals surface area contributed by atoms with Crippen molar-refractivity contribution < 1.29 is 17.9 Å². The number of alkyl halides is 3. The molecule has 24 heavy (non-hydrogen) atoms. The molecule has 0 bridgehead atoms. The molecule has 2 heterocycles. The van der Waals surface area contributed by atoms with Gasteiger partial charge in [0.15, 0.2) is 5.75 Å². The number of nitrogens with one attached hydrogen (secondary N) is 1. The fourth-order valence-corrected chi connectivity index (χ4v) is 2.69. The van der Waals surface area contributed by atoms with Crippen molar-refractivity contribution in [1.29, 1.82) is 0 Å². The summed E-state index contributed by atoms with van der Waals surface area (Å²) >= 11 is 0. The van der Waals surface area contributed by atoms with Gasteiger partial charge in [0, 0.05) is 12.5 Å². The zero-order chi connectivity index (χ0) is 16.3. The van der Waals surface area contributed by atoms with Crippen LogP contribution >= 0.6 is 12.4 Å². The smallest absolute Gasteiger partial charge is 0.416 e. The van der Waals surface area contributed by atoms with Crippen LogP contribution in [-0.4, -0.2) is 29.5 Å². The van der Waals surface area contributed by atoms with Gasteiger partial charge in [-0.15, -0.1) is 12.4 Å². The minimum absolute atomic E-state index is 0. The fraction of sp³-hybridized carbons (Fsp3) is 0.438. The van der Waals surface area contributed by atoms with Crippen LogP contribution in [0.15, 0.2) is 36.7 Å². The molecule has 1 saturated heterocycles. The van der Waals surface area contributed by atoms with Crippen molar-refractivity contribution in [3.05, 3.63) is 47.8 Å². The predicted molar refractivity (Wildman–Crippen MR) is 86.5 cm³/mol. The van der Waals surface area contributed by atoms with Crippen molar-refractivity contribution in [1.82, 2.24) is 15.1 Å². The third-order valence-corrected chi connectivity index (χ3v) is 3.91. The zero-order valence-electron chi connectivity index (χ0n) is 12.9. The van der Waals surface area contributed by atoms with Crippen LogP contribution in [0.3, 0.4) is 0 Å². The van der Waals surface area contributed by atoms with Crippen molar-refractivity contribution >= 4 is 12.4 Å². The van der Waals surface area contributed by atoms with Gasteiger partial charge in [-0.2, -0.15) is 18.3 Å². The van der Waals surface area contributed by atoms with Gasteiger partial charge in [-0.1, -0.05) is 18.2 Å². The van der Waals surface area contributed by atoms with Crippen LogP contribution in [-0.2, 0) is 12.7 Å². The molecule has 2 aromatic rings. The van der Waals surface area contributed by atoms with Gasteiger partial charge in [0.2, 0.25) is 0 Å². The molecule has 1 atom stereocenters. The average molecular weight is 362 g/mol. The molecule has 1 N–H and O–H groups in total. The van der Waals surface area contributed by atoms with Crippen LogP contribution in [0.25, 0.3) is 0 Å². The summed E-state index contributed by atoms with van der Waals surface area (Å²) in [7, 11) is 0. The highest BCUT2D eigenvalue weighted by Crippen LogP contribution is 2.32. The first-order valence-electron chi connectivity index (χ1n) is 7.53. The number of ether oxygens (including phenoxy) is 1. The molecule has 1 aromatic carbocycles. The Morgan fingerprint density at radius 2 is 2.08 bits per heavy atom. The highest BCUT2D eigenvalue weighted by atomic mass is 35.5. The number of benzene rings is 1. The second kappa shape index (κ2) is 7.90. The van der Waals surface area contributed by atoms with E-state index in [0.29, 0.717) is 18.3 Å². The Labute approximate surface area is 144 Å². The first-order chi connectivity index (χ1) is 11.0. The number of nitrogens with zero attached hydrogens (tertiary/aromatic N) is 2. The summed E-state index contributed by atoms with van der Waals surface area (Å²) in [5.41, 5.74) is -0.440. The minimum atomic E-state index is -4.36. The maximum Gasteiger partial charge on any atom is 0.416 e. The molecular formula is C16H19ClF3N3O. The van der Waals surface area contributed by atoms with Crippen molar-refractivity contribution in [3.63, 3.8) is 0 Å². The van der Waals surface area contributed by atoms with Crippen LogP contribution in [0.1, 0.15) is 17.5 Å². The normalized spacial score (nSPS) is 17.5. The molecule has 3 rings (SSSR count). The lowest BCUT2D eigenvalue weighted by Crippen LogP contribution is -2.15. The third-order valence-electron chi connectivity index (χ3n) is 3.91. The molecule has 4 nitrogen and oxygen atoms in total. The number of rotatable bonds is 5. The molecule has 132 valence electrons. The predicted octanol–water partition coefficient (Wildman–Crippen LogP) is 3.36. The fourth-order valence-electron chi connectivity index (χ4n) is 2.69. The summed E-state index contributed by atoms with van der Waals surface area (Å²) in [5.74, 6) is 1.06. The lowest BCUT2D eigenvalue weighted by molar-refractivity contribution is -0.138. The van der Waals surface area contributed by atoms with Crippen LogP contribution in [0.4, 0.5) is 13.2 Å². The molecule has 1 fully saturated rings. The molecule has 1 aromatic heterocycles. The third kappa shape index (κ3) is 4.64. The summed E-state index contributed by atoms with van der Waals surface area (Å²) in [5, 5.41) is 7.35. The lowest BCUT2D eigenvalue weighted by atomic mass is 10.1. The van der Waals surface area contributed by atoms with Gasteiger partial charge >= 0.3 is 6.18 Å². The van der Waals surface area contributed by atoms with E-state index in [2.05, 4.69) is 10.4 Å². The van der Waals surface area contributed by atoms with Crippen LogP contribution < -0.4 is 10.1 Å². The topological polar surface area (TPSA) is 39.1 Å². The largest absolute Gasteiger partial charge is 0.490 e. The molecule has 8 heteroatoms. The van der Waals surface area contributed by atoms with Crippen LogP contribution in [0, 0.1) is 5.92 Å². The van der Waals surface area contributed by atoms with Crippen LogP contribution in [0.2, 0.25) is 0 Å². The Morgan fingerprint density at radius 1 is 1.29 bits per heavy atom. The average Bonchev–Trinajstić information content (AvgIpc) is 3.16. The van der Waals surface area contributed by atoms with E-state index in [0.717, 1.165) is 25.6 Å². The Kier molecular flexibility index (Phi) is 6.12. The highest BCUT2D eigenvalue weighted by Gasteiger charge is 2.32. The first kappa shape index (κ1) is 18.6. The number of halogens is 4. The summed E-state index contributed by atoms with van der Waals surface area (Å²) in [6, 6.07) is 5.54. The molecule has 0 spiro atoms. The van der Waals surface area contributed by atoms with E-state index in [1.807, 2.05) is 0 Å². The maximum absolute atomic E-state index is 13.0. The van der Waals surface area contributed by atoms with E-state index in [4.69, 9.17) is 4.74 Å². The maximum atomic E-state index is 13.0. The van der Waals surface area contributed by atoms with Gasteiger partial charge in [-0.3, -0.25) is 4.68 Å². The summed E-state index contributed by atoms with van der Waals surface area (Å²) in [4.78, 5) is 0. The van der Waals surface area contributed by atoms with E-state index in [1.54, 1.807) is 18.5 Å². The quantitative estimate of drug-likeness (QED) is 0.887. The molecule has 1 unspecified atom stereocenters. The Balaban J connectivity index is 0.00000208. The highest BCUT2D eigenvalue weighted by molar-refractivity contribution is 5.85. The molecule has 0 radical (unpaired) electrons. The Hall–Kier alpha value is -1.73. The molecule has 0 aliphatic carbocycles. The summed E-state index contributed by atoms with van der Waals surface area (Å²) < 4.78 is 46.1. The van der Waals surface area contributed by atoms with Crippen molar-refractivity contribution in [2.75, 3.05) is 19.7 Å².